The first-order valence-corrected chi connectivity index (χ1v) is 7.57. The highest BCUT2D eigenvalue weighted by atomic mass is 32.2. The Morgan fingerprint density at radius 3 is 2.61 bits per heavy atom. The summed E-state index contributed by atoms with van der Waals surface area (Å²) >= 11 is 0. The number of sulfone groups is 1. The molecule has 0 fully saturated rings. The van der Waals surface area contributed by atoms with Crippen molar-refractivity contribution in [1.82, 2.24) is 0 Å². The van der Waals surface area contributed by atoms with Crippen molar-refractivity contribution in [3.8, 4) is 0 Å². The van der Waals surface area contributed by atoms with Crippen LogP contribution in [0, 0.1) is 0 Å². The van der Waals surface area contributed by atoms with Gasteiger partial charge in [0.15, 0.2) is 9.84 Å². The van der Waals surface area contributed by atoms with Gasteiger partial charge in [-0.05, 0) is 13.8 Å². The Balaban J connectivity index is 2.48. The highest BCUT2D eigenvalue weighted by molar-refractivity contribution is 7.91. The Labute approximate surface area is 107 Å². The third-order valence-electron chi connectivity index (χ3n) is 3.06. The van der Waals surface area contributed by atoms with Crippen molar-refractivity contribution in [3.05, 3.63) is 35.6 Å². The molecule has 0 saturated heterocycles. The van der Waals surface area contributed by atoms with Crippen molar-refractivity contribution in [2.45, 2.75) is 31.4 Å². The molecule has 1 heterocycles. The lowest BCUT2D eigenvalue weighted by Crippen LogP contribution is -2.15. The van der Waals surface area contributed by atoms with Gasteiger partial charge in [-0.2, -0.15) is 0 Å². The summed E-state index contributed by atoms with van der Waals surface area (Å²) in [6, 6.07) is 5.61. The fraction of sp³-hybridized carbons (Fsp3) is 0.385. The number of hydrogen-bond acceptors (Lipinski definition) is 4. The highest BCUT2D eigenvalue weighted by Crippen LogP contribution is 2.26. The van der Waals surface area contributed by atoms with E-state index in [9.17, 15) is 8.42 Å². The number of rotatable bonds is 4. The van der Waals surface area contributed by atoms with Crippen LogP contribution in [-0.4, -0.2) is 13.7 Å². The molecular weight excluding hydrogens is 250 g/mol. The minimum absolute atomic E-state index is 0.00565. The zero-order chi connectivity index (χ0) is 13.3. The second kappa shape index (κ2) is 4.74. The van der Waals surface area contributed by atoms with Crippen LogP contribution in [0.5, 0.6) is 0 Å². The normalized spacial score (nSPS) is 12.4. The summed E-state index contributed by atoms with van der Waals surface area (Å²) in [5.74, 6) is 0.00565. The number of para-hydroxylation sites is 1. The minimum Gasteiger partial charge on any atom is -0.464 e. The van der Waals surface area contributed by atoms with E-state index in [0.717, 1.165) is 10.9 Å². The van der Waals surface area contributed by atoms with Crippen molar-refractivity contribution in [2.24, 2.45) is 5.73 Å². The van der Waals surface area contributed by atoms with Gasteiger partial charge < -0.3 is 10.2 Å². The highest BCUT2D eigenvalue weighted by Gasteiger charge is 2.20. The van der Waals surface area contributed by atoms with E-state index in [0.29, 0.717) is 17.7 Å². The van der Waals surface area contributed by atoms with Crippen LogP contribution >= 0.6 is 0 Å². The summed E-state index contributed by atoms with van der Waals surface area (Å²) < 4.78 is 29.3. The summed E-state index contributed by atoms with van der Waals surface area (Å²) in [5.41, 5.74) is 7.90. The van der Waals surface area contributed by atoms with Gasteiger partial charge in [0.1, 0.15) is 5.58 Å². The molecule has 2 N–H and O–H groups in total. The fourth-order valence-electron chi connectivity index (χ4n) is 1.83. The topological polar surface area (TPSA) is 73.3 Å². The van der Waals surface area contributed by atoms with E-state index in [-0.39, 0.29) is 11.0 Å². The van der Waals surface area contributed by atoms with E-state index >= 15 is 0 Å². The standard InChI is InChI=1S/C13H17NO3S/c1-9(2)18(15,16)8-11-7-17-13-10(6-14)4-3-5-12(11)13/h3-5,7,9H,6,8,14H2,1-2H3. The van der Waals surface area contributed by atoms with Crippen LogP contribution in [0.4, 0.5) is 0 Å². The van der Waals surface area contributed by atoms with Gasteiger partial charge in [-0.1, -0.05) is 18.2 Å². The first-order chi connectivity index (χ1) is 8.45. The Kier molecular flexibility index (Phi) is 3.45. The van der Waals surface area contributed by atoms with Crippen LogP contribution in [-0.2, 0) is 22.1 Å². The molecule has 0 spiro atoms. The first kappa shape index (κ1) is 13.1. The summed E-state index contributed by atoms with van der Waals surface area (Å²) in [6.07, 6.45) is 1.52. The van der Waals surface area contributed by atoms with Gasteiger partial charge in [-0.15, -0.1) is 0 Å². The molecule has 0 aliphatic heterocycles. The molecule has 5 heteroatoms. The molecule has 0 amide bonds. The molecule has 98 valence electrons. The van der Waals surface area contributed by atoms with E-state index in [2.05, 4.69) is 0 Å². The van der Waals surface area contributed by atoms with Gasteiger partial charge in [0, 0.05) is 23.1 Å². The SMILES string of the molecule is CC(C)S(=O)(=O)Cc1coc2c(CN)cccc12. The molecule has 0 aliphatic rings. The molecule has 2 aromatic rings. The molecule has 0 aliphatic carbocycles. The van der Waals surface area contributed by atoms with Crippen LogP contribution in [0.3, 0.4) is 0 Å². The van der Waals surface area contributed by atoms with E-state index in [1.165, 1.54) is 6.26 Å². The lowest BCUT2D eigenvalue weighted by Gasteiger charge is -2.06. The van der Waals surface area contributed by atoms with Crippen LogP contribution in [0.15, 0.2) is 28.9 Å². The number of fused-ring (bicyclic) bond motifs is 1. The van der Waals surface area contributed by atoms with Crippen molar-refractivity contribution >= 4 is 20.8 Å². The summed E-state index contributed by atoms with van der Waals surface area (Å²) in [4.78, 5) is 0. The second-order valence-corrected chi connectivity index (χ2v) is 7.17. The van der Waals surface area contributed by atoms with E-state index in [4.69, 9.17) is 10.2 Å². The molecular formula is C13H17NO3S. The molecule has 0 radical (unpaired) electrons. The number of nitrogens with two attached hydrogens (primary N) is 1. The molecule has 4 nitrogen and oxygen atoms in total. The second-order valence-electron chi connectivity index (χ2n) is 4.61. The summed E-state index contributed by atoms with van der Waals surface area (Å²) in [7, 11) is -3.12. The molecule has 0 saturated carbocycles. The van der Waals surface area contributed by atoms with Crippen molar-refractivity contribution in [2.75, 3.05) is 0 Å². The fourth-order valence-corrected chi connectivity index (χ4v) is 2.82. The maximum absolute atomic E-state index is 11.9. The lowest BCUT2D eigenvalue weighted by atomic mass is 10.1. The predicted octanol–water partition coefficient (Wildman–Crippen LogP) is 2.21. The van der Waals surface area contributed by atoms with Crippen LogP contribution in [0.1, 0.15) is 25.0 Å². The molecule has 18 heavy (non-hydrogen) atoms. The third-order valence-corrected chi connectivity index (χ3v) is 5.21. The van der Waals surface area contributed by atoms with Gasteiger partial charge in [0.2, 0.25) is 0 Å². The van der Waals surface area contributed by atoms with Gasteiger partial charge in [0.25, 0.3) is 0 Å². The van der Waals surface area contributed by atoms with Gasteiger partial charge in [-0.25, -0.2) is 8.42 Å². The van der Waals surface area contributed by atoms with Gasteiger partial charge in [0.05, 0.1) is 17.3 Å². The number of benzene rings is 1. The van der Waals surface area contributed by atoms with Crippen molar-refractivity contribution in [3.63, 3.8) is 0 Å². The predicted molar refractivity (Wildman–Crippen MR) is 71.9 cm³/mol. The van der Waals surface area contributed by atoms with Crippen LogP contribution < -0.4 is 5.73 Å². The van der Waals surface area contributed by atoms with E-state index in [1.54, 1.807) is 13.8 Å². The Bertz CT molecular complexity index is 656. The lowest BCUT2D eigenvalue weighted by molar-refractivity contribution is 0.583. The Morgan fingerprint density at radius 2 is 2.00 bits per heavy atom. The average molecular weight is 267 g/mol. The Hall–Kier alpha value is -1.33. The smallest absolute Gasteiger partial charge is 0.156 e. The van der Waals surface area contributed by atoms with Crippen molar-refractivity contribution in [1.29, 1.82) is 0 Å². The Morgan fingerprint density at radius 1 is 1.28 bits per heavy atom. The number of hydrogen-bond donors (Lipinski definition) is 1. The quantitative estimate of drug-likeness (QED) is 0.921. The van der Waals surface area contributed by atoms with Gasteiger partial charge >= 0.3 is 0 Å². The molecule has 1 aromatic heterocycles. The zero-order valence-corrected chi connectivity index (χ0v) is 11.3. The molecule has 0 atom stereocenters. The average Bonchev–Trinajstić information content (AvgIpc) is 2.71. The minimum atomic E-state index is -3.12. The maximum atomic E-state index is 11.9. The third kappa shape index (κ3) is 2.28. The summed E-state index contributed by atoms with van der Waals surface area (Å²) in [6.45, 7) is 3.74. The van der Waals surface area contributed by atoms with Crippen LogP contribution in [0.25, 0.3) is 11.0 Å². The van der Waals surface area contributed by atoms with Gasteiger partial charge in [-0.3, -0.25) is 0 Å². The molecule has 0 unspecified atom stereocenters. The largest absolute Gasteiger partial charge is 0.464 e. The van der Waals surface area contributed by atoms with Crippen molar-refractivity contribution < 1.29 is 12.8 Å². The zero-order valence-electron chi connectivity index (χ0n) is 10.5. The maximum Gasteiger partial charge on any atom is 0.156 e. The summed E-state index contributed by atoms with van der Waals surface area (Å²) in [5, 5.41) is 0.447. The molecule has 0 bridgehead atoms. The first-order valence-electron chi connectivity index (χ1n) is 5.85. The monoisotopic (exact) mass is 267 g/mol. The molecule has 1 aromatic carbocycles. The molecule has 2 rings (SSSR count). The van der Waals surface area contributed by atoms with E-state index < -0.39 is 9.84 Å². The van der Waals surface area contributed by atoms with Crippen LogP contribution in [0.2, 0.25) is 0 Å². The number of furan rings is 1. The van der Waals surface area contributed by atoms with E-state index in [1.807, 2.05) is 18.2 Å².